The average molecular weight is 232 g/mol. The van der Waals surface area contributed by atoms with Crippen LogP contribution in [0.1, 0.15) is 34.7 Å². The molecule has 0 fully saturated rings. The Labute approximate surface area is 98.0 Å². The molecule has 0 aliphatic carbocycles. The summed E-state index contributed by atoms with van der Waals surface area (Å²) in [5.41, 5.74) is 1.32. The van der Waals surface area contributed by atoms with E-state index < -0.39 is 5.97 Å². The summed E-state index contributed by atoms with van der Waals surface area (Å²) in [5, 5.41) is 0. The van der Waals surface area contributed by atoms with E-state index in [0.29, 0.717) is 23.5 Å². The lowest BCUT2D eigenvalue weighted by molar-refractivity contribution is 0.0517. The van der Waals surface area contributed by atoms with Crippen LogP contribution in [0.5, 0.6) is 0 Å². The fourth-order valence-electron chi connectivity index (χ4n) is 1.59. The van der Waals surface area contributed by atoms with E-state index in [9.17, 15) is 9.59 Å². The maximum absolute atomic E-state index is 11.7. The van der Waals surface area contributed by atoms with Crippen LogP contribution in [0.15, 0.2) is 24.5 Å². The van der Waals surface area contributed by atoms with Crippen LogP contribution in [-0.4, -0.2) is 27.7 Å². The maximum Gasteiger partial charge on any atom is 0.355 e. The van der Waals surface area contributed by atoms with Gasteiger partial charge in [0.1, 0.15) is 11.3 Å². The molecule has 5 heteroatoms. The zero-order valence-electron chi connectivity index (χ0n) is 9.64. The fourth-order valence-corrected chi connectivity index (χ4v) is 1.59. The molecular weight excluding hydrogens is 220 g/mol. The quantitative estimate of drug-likeness (QED) is 0.597. The third-order valence-electron chi connectivity index (χ3n) is 2.40. The lowest BCUT2D eigenvalue weighted by atomic mass is 10.1. The minimum absolute atomic E-state index is 0.110. The van der Waals surface area contributed by atoms with Crippen molar-refractivity contribution in [3.8, 4) is 0 Å². The molecule has 0 amide bonds. The Bertz CT molecular complexity index is 586. The fraction of sp³-hybridized carbons (Fsp3) is 0.250. The van der Waals surface area contributed by atoms with Gasteiger partial charge in [0.25, 0.3) is 0 Å². The number of hydrogen-bond donors (Lipinski definition) is 0. The number of carbonyl (C=O) groups excluding carboxylic acids is 2. The summed E-state index contributed by atoms with van der Waals surface area (Å²) < 4.78 is 6.54. The molecule has 0 radical (unpaired) electrons. The van der Waals surface area contributed by atoms with Gasteiger partial charge in [-0.05, 0) is 26.0 Å². The van der Waals surface area contributed by atoms with Gasteiger partial charge in [-0.1, -0.05) is 0 Å². The molecule has 0 N–H and O–H groups in total. The number of imidazole rings is 1. The maximum atomic E-state index is 11.7. The molecule has 17 heavy (non-hydrogen) atoms. The summed E-state index contributed by atoms with van der Waals surface area (Å²) in [6.07, 6.45) is 3.23. The number of aromatic nitrogens is 2. The summed E-state index contributed by atoms with van der Waals surface area (Å²) in [7, 11) is 0. The number of fused-ring (bicyclic) bond motifs is 1. The van der Waals surface area contributed by atoms with Crippen molar-refractivity contribution in [3.05, 3.63) is 35.8 Å². The number of carbonyl (C=O) groups is 2. The third-order valence-corrected chi connectivity index (χ3v) is 2.40. The number of Topliss-reactive ketones (excluding diaryl/α,β-unsaturated/α-hetero) is 1. The van der Waals surface area contributed by atoms with Crippen molar-refractivity contribution in [2.45, 2.75) is 13.8 Å². The Balaban J connectivity index is 2.62. The molecule has 2 heterocycles. The second kappa shape index (κ2) is 4.37. The Morgan fingerprint density at radius 1 is 1.41 bits per heavy atom. The first-order valence-corrected chi connectivity index (χ1v) is 5.28. The molecule has 0 atom stereocenters. The minimum atomic E-state index is -0.460. The van der Waals surface area contributed by atoms with E-state index in [1.54, 1.807) is 29.8 Å². The van der Waals surface area contributed by atoms with E-state index >= 15 is 0 Å². The predicted octanol–water partition coefficient (Wildman–Crippen LogP) is 1.71. The van der Waals surface area contributed by atoms with Crippen LogP contribution in [0, 0.1) is 0 Å². The normalized spacial score (nSPS) is 10.5. The van der Waals surface area contributed by atoms with Gasteiger partial charge in [0, 0.05) is 18.0 Å². The first-order chi connectivity index (χ1) is 8.13. The lowest BCUT2D eigenvalue weighted by Gasteiger charge is -2.06. The van der Waals surface area contributed by atoms with Crippen molar-refractivity contribution in [2.24, 2.45) is 0 Å². The summed E-state index contributed by atoms with van der Waals surface area (Å²) in [6, 6.07) is 3.17. The number of pyridine rings is 1. The summed E-state index contributed by atoms with van der Waals surface area (Å²) in [6.45, 7) is 3.47. The number of hydrogen-bond acceptors (Lipinski definition) is 4. The van der Waals surface area contributed by atoms with Crippen LogP contribution < -0.4 is 0 Å². The second-order valence-corrected chi connectivity index (χ2v) is 3.56. The predicted molar refractivity (Wildman–Crippen MR) is 61.2 cm³/mol. The molecule has 0 aromatic carbocycles. The van der Waals surface area contributed by atoms with Gasteiger partial charge in [0.2, 0.25) is 0 Å². The van der Waals surface area contributed by atoms with Crippen LogP contribution in [0.25, 0.3) is 5.65 Å². The van der Waals surface area contributed by atoms with Crippen LogP contribution in [0.4, 0.5) is 0 Å². The van der Waals surface area contributed by atoms with E-state index in [1.807, 2.05) is 0 Å². The zero-order valence-corrected chi connectivity index (χ0v) is 9.64. The topological polar surface area (TPSA) is 60.7 Å². The number of esters is 1. The second-order valence-electron chi connectivity index (χ2n) is 3.56. The number of ketones is 1. The van der Waals surface area contributed by atoms with Gasteiger partial charge in [-0.2, -0.15) is 0 Å². The Hall–Kier alpha value is -2.17. The van der Waals surface area contributed by atoms with Crippen molar-refractivity contribution < 1.29 is 14.3 Å². The number of rotatable bonds is 3. The summed E-state index contributed by atoms with van der Waals surface area (Å²) in [4.78, 5) is 27.2. The zero-order chi connectivity index (χ0) is 12.4. The van der Waals surface area contributed by atoms with Gasteiger partial charge in [-0.3, -0.25) is 9.20 Å². The molecule has 2 aromatic heterocycles. The number of nitrogens with zero attached hydrogens (tertiary/aromatic N) is 2. The Morgan fingerprint density at radius 3 is 2.82 bits per heavy atom. The van der Waals surface area contributed by atoms with E-state index in [0.717, 1.165) is 0 Å². The van der Waals surface area contributed by atoms with E-state index in [4.69, 9.17) is 4.74 Å². The van der Waals surface area contributed by atoms with Gasteiger partial charge in [0.15, 0.2) is 5.78 Å². The minimum Gasteiger partial charge on any atom is -0.461 e. The van der Waals surface area contributed by atoms with E-state index in [2.05, 4.69) is 4.98 Å². The van der Waals surface area contributed by atoms with Crippen LogP contribution in [-0.2, 0) is 4.74 Å². The molecule has 0 saturated heterocycles. The standard InChI is InChI=1S/C12H12N2O3/c1-3-17-12(16)10-6-9(8(2)15)7-11-13-4-5-14(10)11/h4-7H,3H2,1-2H3. The lowest BCUT2D eigenvalue weighted by Crippen LogP contribution is -2.11. The van der Waals surface area contributed by atoms with Crippen molar-refractivity contribution >= 4 is 17.4 Å². The van der Waals surface area contributed by atoms with Gasteiger partial charge in [-0.25, -0.2) is 9.78 Å². The van der Waals surface area contributed by atoms with Crippen LogP contribution in [0.2, 0.25) is 0 Å². The van der Waals surface area contributed by atoms with Crippen molar-refractivity contribution in [2.75, 3.05) is 6.61 Å². The van der Waals surface area contributed by atoms with E-state index in [-0.39, 0.29) is 5.78 Å². The smallest absolute Gasteiger partial charge is 0.355 e. The molecule has 0 bridgehead atoms. The SMILES string of the molecule is CCOC(=O)c1cc(C(C)=O)cc2nccn12. The molecule has 2 aromatic rings. The molecule has 2 rings (SSSR count). The Morgan fingerprint density at radius 2 is 2.18 bits per heavy atom. The summed E-state index contributed by atoms with van der Waals surface area (Å²) >= 11 is 0. The van der Waals surface area contributed by atoms with Gasteiger partial charge < -0.3 is 4.74 Å². The molecule has 0 aliphatic rings. The highest BCUT2D eigenvalue weighted by molar-refractivity contribution is 5.98. The van der Waals surface area contributed by atoms with Gasteiger partial charge in [0.05, 0.1) is 6.61 Å². The molecule has 0 unspecified atom stereocenters. The molecular formula is C12H12N2O3. The summed E-state index contributed by atoms with van der Waals surface area (Å²) in [5.74, 6) is -0.570. The first kappa shape index (κ1) is 11.3. The average Bonchev–Trinajstić information content (AvgIpc) is 2.75. The largest absolute Gasteiger partial charge is 0.461 e. The van der Waals surface area contributed by atoms with Crippen molar-refractivity contribution in [1.82, 2.24) is 9.38 Å². The highest BCUT2D eigenvalue weighted by Crippen LogP contribution is 2.12. The molecule has 5 nitrogen and oxygen atoms in total. The molecule has 0 aliphatic heterocycles. The van der Waals surface area contributed by atoms with Gasteiger partial charge >= 0.3 is 5.97 Å². The van der Waals surface area contributed by atoms with Crippen molar-refractivity contribution in [1.29, 1.82) is 0 Å². The highest BCUT2D eigenvalue weighted by Gasteiger charge is 2.14. The third kappa shape index (κ3) is 2.04. The van der Waals surface area contributed by atoms with Crippen molar-refractivity contribution in [3.63, 3.8) is 0 Å². The molecule has 0 spiro atoms. The van der Waals surface area contributed by atoms with E-state index in [1.165, 1.54) is 13.0 Å². The number of ether oxygens (including phenoxy) is 1. The molecule has 88 valence electrons. The van der Waals surface area contributed by atoms with Gasteiger partial charge in [-0.15, -0.1) is 0 Å². The van der Waals surface area contributed by atoms with Crippen LogP contribution in [0.3, 0.4) is 0 Å². The highest BCUT2D eigenvalue weighted by atomic mass is 16.5. The monoisotopic (exact) mass is 232 g/mol. The first-order valence-electron chi connectivity index (χ1n) is 5.28. The Kier molecular flexibility index (Phi) is 2.91. The van der Waals surface area contributed by atoms with Crippen LogP contribution >= 0.6 is 0 Å². The molecule has 0 saturated carbocycles.